The van der Waals surface area contributed by atoms with Crippen LogP contribution in [0.2, 0.25) is 0 Å². The second kappa shape index (κ2) is 4.55. The van der Waals surface area contributed by atoms with E-state index in [0.717, 1.165) is 18.2 Å². The lowest BCUT2D eigenvalue weighted by molar-refractivity contribution is 0.399. The largest absolute Gasteiger partial charge is 0.370 e. The Kier molecular flexibility index (Phi) is 3.12. The third-order valence-electron chi connectivity index (χ3n) is 3.07. The summed E-state index contributed by atoms with van der Waals surface area (Å²) in [4.78, 5) is 10.6. The van der Waals surface area contributed by atoms with Gasteiger partial charge in [-0.3, -0.25) is 0 Å². The van der Waals surface area contributed by atoms with Crippen molar-refractivity contribution in [2.75, 3.05) is 29.5 Å². The second-order valence-corrected chi connectivity index (χ2v) is 4.20. The predicted octanol–water partition coefficient (Wildman–Crippen LogP) is 1.48. The highest BCUT2D eigenvalue weighted by Gasteiger charge is 2.23. The smallest absolute Gasteiger partial charge is 0.223 e. The van der Waals surface area contributed by atoms with E-state index in [0.29, 0.717) is 12.0 Å². The van der Waals surface area contributed by atoms with Crippen molar-refractivity contribution in [1.82, 2.24) is 9.97 Å². The molecule has 1 saturated carbocycles. The molecule has 5 heteroatoms. The van der Waals surface area contributed by atoms with Crippen molar-refractivity contribution in [2.24, 2.45) is 0 Å². The minimum atomic E-state index is 0.333. The van der Waals surface area contributed by atoms with Crippen molar-refractivity contribution < 1.29 is 0 Å². The Bertz CT molecular complexity index is 361. The maximum atomic E-state index is 5.70. The summed E-state index contributed by atoms with van der Waals surface area (Å²) in [7, 11) is 2.07. The third kappa shape index (κ3) is 2.18. The van der Waals surface area contributed by atoms with Gasteiger partial charge in [-0.15, -0.1) is 0 Å². The number of rotatable bonds is 4. The standard InChI is InChI=1S/C11H19N5/c1-3-13-9-7-10(15-11(12)14-9)16(2)8-5-4-6-8/h7-8H,3-6H2,1-2H3,(H3,12,13,14,15). The highest BCUT2D eigenvalue weighted by atomic mass is 15.2. The van der Waals surface area contributed by atoms with Gasteiger partial charge in [0.25, 0.3) is 0 Å². The normalized spacial score (nSPS) is 15.6. The summed E-state index contributed by atoms with van der Waals surface area (Å²) < 4.78 is 0. The Morgan fingerprint density at radius 2 is 2.25 bits per heavy atom. The highest BCUT2D eigenvalue weighted by molar-refractivity contribution is 5.52. The fourth-order valence-corrected chi connectivity index (χ4v) is 1.87. The fourth-order valence-electron chi connectivity index (χ4n) is 1.87. The van der Waals surface area contributed by atoms with Gasteiger partial charge in [0.05, 0.1) is 0 Å². The lowest BCUT2D eigenvalue weighted by Gasteiger charge is -2.35. The number of hydrogen-bond donors (Lipinski definition) is 2. The van der Waals surface area contributed by atoms with Crippen LogP contribution in [0, 0.1) is 0 Å². The zero-order valence-corrected chi connectivity index (χ0v) is 9.90. The molecule has 0 aromatic carbocycles. The molecule has 1 fully saturated rings. The molecule has 88 valence electrons. The molecule has 0 bridgehead atoms. The monoisotopic (exact) mass is 221 g/mol. The molecule has 1 aliphatic carbocycles. The molecular weight excluding hydrogens is 202 g/mol. The van der Waals surface area contributed by atoms with Gasteiger partial charge in [-0.1, -0.05) is 0 Å². The Hall–Kier alpha value is -1.52. The van der Waals surface area contributed by atoms with Crippen LogP contribution in [0.25, 0.3) is 0 Å². The number of nitrogens with zero attached hydrogens (tertiary/aromatic N) is 3. The number of nitrogens with one attached hydrogen (secondary N) is 1. The lowest BCUT2D eigenvalue weighted by atomic mass is 9.92. The molecule has 1 heterocycles. The van der Waals surface area contributed by atoms with Crippen molar-refractivity contribution >= 4 is 17.6 Å². The Morgan fingerprint density at radius 1 is 1.50 bits per heavy atom. The average Bonchev–Trinajstić information content (AvgIpc) is 2.14. The van der Waals surface area contributed by atoms with Gasteiger partial charge in [-0.05, 0) is 26.2 Å². The van der Waals surface area contributed by atoms with Gasteiger partial charge in [-0.2, -0.15) is 9.97 Å². The van der Waals surface area contributed by atoms with Crippen LogP contribution in [0.4, 0.5) is 17.6 Å². The van der Waals surface area contributed by atoms with E-state index in [2.05, 4.69) is 27.2 Å². The van der Waals surface area contributed by atoms with E-state index >= 15 is 0 Å². The first-order valence-electron chi connectivity index (χ1n) is 5.82. The van der Waals surface area contributed by atoms with Gasteiger partial charge in [-0.25, -0.2) is 0 Å². The van der Waals surface area contributed by atoms with Gasteiger partial charge >= 0.3 is 0 Å². The molecule has 5 nitrogen and oxygen atoms in total. The van der Waals surface area contributed by atoms with Gasteiger partial charge in [0.15, 0.2) is 0 Å². The molecule has 0 radical (unpaired) electrons. The molecule has 0 saturated heterocycles. The maximum Gasteiger partial charge on any atom is 0.223 e. The highest BCUT2D eigenvalue weighted by Crippen LogP contribution is 2.28. The van der Waals surface area contributed by atoms with Gasteiger partial charge < -0.3 is 16.0 Å². The molecule has 0 atom stereocenters. The zero-order chi connectivity index (χ0) is 11.5. The summed E-state index contributed by atoms with van der Waals surface area (Å²) in [6.45, 7) is 2.87. The molecule has 0 aliphatic heterocycles. The van der Waals surface area contributed by atoms with Crippen LogP contribution < -0.4 is 16.0 Å². The SMILES string of the molecule is CCNc1cc(N(C)C2CCC2)nc(N)n1. The fraction of sp³-hybridized carbons (Fsp3) is 0.636. The van der Waals surface area contributed by atoms with E-state index in [1.807, 2.05) is 13.0 Å². The molecule has 16 heavy (non-hydrogen) atoms. The van der Waals surface area contributed by atoms with Gasteiger partial charge in [0.1, 0.15) is 11.6 Å². The van der Waals surface area contributed by atoms with Crippen molar-refractivity contribution in [1.29, 1.82) is 0 Å². The summed E-state index contributed by atoms with van der Waals surface area (Å²) in [5, 5.41) is 3.16. The number of nitrogens with two attached hydrogens (primary N) is 1. The first kappa shape index (κ1) is 11.0. The molecule has 2 rings (SSSR count). The molecule has 0 amide bonds. The van der Waals surface area contributed by atoms with Crippen molar-refractivity contribution in [3.05, 3.63) is 6.07 Å². The van der Waals surface area contributed by atoms with Crippen molar-refractivity contribution in [3.63, 3.8) is 0 Å². The molecular formula is C11H19N5. The predicted molar refractivity (Wildman–Crippen MR) is 66.7 cm³/mol. The first-order valence-corrected chi connectivity index (χ1v) is 5.82. The molecule has 0 unspecified atom stereocenters. The van der Waals surface area contributed by atoms with Crippen molar-refractivity contribution in [2.45, 2.75) is 32.2 Å². The summed E-state index contributed by atoms with van der Waals surface area (Å²) in [5.74, 6) is 2.05. The van der Waals surface area contributed by atoms with Crippen molar-refractivity contribution in [3.8, 4) is 0 Å². The van der Waals surface area contributed by atoms with E-state index in [4.69, 9.17) is 5.73 Å². The van der Waals surface area contributed by atoms with E-state index in [1.54, 1.807) is 0 Å². The second-order valence-electron chi connectivity index (χ2n) is 4.20. The molecule has 0 spiro atoms. The van der Waals surface area contributed by atoms with Crippen LogP contribution in [0.3, 0.4) is 0 Å². The third-order valence-corrected chi connectivity index (χ3v) is 3.07. The van der Waals surface area contributed by atoms with Crippen LogP contribution in [-0.4, -0.2) is 29.6 Å². The average molecular weight is 221 g/mol. The number of nitrogen functional groups attached to an aromatic ring is 1. The summed E-state index contributed by atoms with van der Waals surface area (Å²) in [6, 6.07) is 2.57. The van der Waals surface area contributed by atoms with Crippen LogP contribution >= 0.6 is 0 Å². The quantitative estimate of drug-likeness (QED) is 0.806. The topological polar surface area (TPSA) is 67.1 Å². The summed E-state index contributed by atoms with van der Waals surface area (Å²) in [6.07, 6.45) is 3.81. The molecule has 3 N–H and O–H groups in total. The van der Waals surface area contributed by atoms with E-state index in [-0.39, 0.29) is 0 Å². The zero-order valence-electron chi connectivity index (χ0n) is 9.90. The van der Waals surface area contributed by atoms with Gasteiger partial charge in [0, 0.05) is 25.7 Å². The lowest BCUT2D eigenvalue weighted by Crippen LogP contribution is -2.37. The van der Waals surface area contributed by atoms with Crippen LogP contribution in [0.15, 0.2) is 6.07 Å². The van der Waals surface area contributed by atoms with Crippen LogP contribution in [-0.2, 0) is 0 Å². The Labute approximate surface area is 96.1 Å². The Morgan fingerprint density at radius 3 is 2.81 bits per heavy atom. The Balaban J connectivity index is 2.18. The van der Waals surface area contributed by atoms with E-state index in [9.17, 15) is 0 Å². The minimum absolute atomic E-state index is 0.333. The molecule has 1 aromatic heterocycles. The van der Waals surface area contributed by atoms with E-state index in [1.165, 1.54) is 19.3 Å². The van der Waals surface area contributed by atoms with Crippen LogP contribution in [0.5, 0.6) is 0 Å². The molecule has 1 aliphatic rings. The van der Waals surface area contributed by atoms with E-state index < -0.39 is 0 Å². The number of aromatic nitrogens is 2. The minimum Gasteiger partial charge on any atom is -0.370 e. The first-order chi connectivity index (χ1) is 7.70. The summed E-state index contributed by atoms with van der Waals surface area (Å²) >= 11 is 0. The number of anilines is 3. The summed E-state index contributed by atoms with van der Waals surface area (Å²) in [5.41, 5.74) is 5.70. The van der Waals surface area contributed by atoms with Crippen LogP contribution in [0.1, 0.15) is 26.2 Å². The maximum absolute atomic E-state index is 5.70. The van der Waals surface area contributed by atoms with Gasteiger partial charge in [0.2, 0.25) is 5.95 Å². The number of hydrogen-bond acceptors (Lipinski definition) is 5. The molecule has 1 aromatic rings.